The van der Waals surface area contributed by atoms with Gasteiger partial charge in [-0.15, -0.1) is 0 Å². The number of aliphatic imine (C=N–C) groups is 1. The summed E-state index contributed by atoms with van der Waals surface area (Å²) in [7, 11) is 0. The van der Waals surface area contributed by atoms with Gasteiger partial charge < -0.3 is 4.74 Å². The third-order valence-corrected chi connectivity index (χ3v) is 3.67. The van der Waals surface area contributed by atoms with Gasteiger partial charge in [0.1, 0.15) is 0 Å². The Balaban J connectivity index is 1.84. The third-order valence-electron chi connectivity index (χ3n) is 3.36. The summed E-state index contributed by atoms with van der Waals surface area (Å²) in [6, 6.07) is 13.4. The van der Waals surface area contributed by atoms with Gasteiger partial charge in [-0.05, 0) is 17.7 Å². The van der Waals surface area contributed by atoms with E-state index in [0.717, 1.165) is 5.56 Å². The topological polar surface area (TPSA) is 81.8 Å². The van der Waals surface area contributed by atoms with E-state index in [1.54, 1.807) is 6.08 Å². The molecule has 1 aliphatic heterocycles. The maximum absolute atomic E-state index is 11.9. The summed E-state index contributed by atoms with van der Waals surface area (Å²) in [5, 5.41) is 10.8. The van der Waals surface area contributed by atoms with E-state index in [-0.39, 0.29) is 22.3 Å². The number of nitro benzene ring substituents is 1. The van der Waals surface area contributed by atoms with E-state index in [0.29, 0.717) is 5.56 Å². The average molecular weight is 355 g/mol. The van der Waals surface area contributed by atoms with Crippen LogP contribution < -0.4 is 0 Å². The highest BCUT2D eigenvalue weighted by Crippen LogP contribution is 2.26. The van der Waals surface area contributed by atoms with Crippen LogP contribution in [0.15, 0.2) is 71.4 Å². The molecule has 0 spiro atoms. The molecule has 25 heavy (non-hydrogen) atoms. The van der Waals surface area contributed by atoms with Gasteiger partial charge in [0, 0.05) is 12.1 Å². The van der Waals surface area contributed by atoms with E-state index >= 15 is 0 Å². The highest BCUT2D eigenvalue weighted by molar-refractivity contribution is 6.34. The third kappa shape index (κ3) is 3.81. The number of hydrogen-bond donors (Lipinski definition) is 0. The minimum absolute atomic E-state index is 0.0178. The van der Waals surface area contributed by atoms with Gasteiger partial charge in [0.05, 0.1) is 15.5 Å². The number of benzene rings is 2. The molecule has 0 saturated carbocycles. The second-order valence-electron chi connectivity index (χ2n) is 5.05. The van der Waals surface area contributed by atoms with Gasteiger partial charge in [0.15, 0.2) is 5.70 Å². The molecule has 3 rings (SSSR count). The molecule has 0 amide bonds. The molecule has 0 unspecified atom stereocenters. The monoisotopic (exact) mass is 354 g/mol. The number of nitro groups is 1. The Bertz CT molecular complexity index is 933. The second kappa shape index (κ2) is 7.11. The Morgan fingerprint density at radius 3 is 2.60 bits per heavy atom. The lowest BCUT2D eigenvalue weighted by atomic mass is 10.2. The summed E-state index contributed by atoms with van der Waals surface area (Å²) >= 11 is 6.02. The fourth-order valence-corrected chi connectivity index (χ4v) is 2.40. The van der Waals surface area contributed by atoms with Crippen LogP contribution in [0.25, 0.3) is 6.08 Å². The number of cyclic esters (lactones) is 1. The molecule has 0 fully saturated rings. The number of non-ortho nitro benzene ring substituents is 1. The molecule has 6 nitrogen and oxygen atoms in total. The maximum Gasteiger partial charge on any atom is 0.363 e. The zero-order valence-corrected chi connectivity index (χ0v) is 13.5. The summed E-state index contributed by atoms with van der Waals surface area (Å²) in [6.07, 6.45) is 5.05. The van der Waals surface area contributed by atoms with Crippen LogP contribution >= 0.6 is 11.6 Å². The quantitative estimate of drug-likeness (QED) is 0.357. The first-order valence-corrected chi connectivity index (χ1v) is 7.61. The summed E-state index contributed by atoms with van der Waals surface area (Å²) in [5.74, 6) is -0.591. The van der Waals surface area contributed by atoms with Crippen molar-refractivity contribution in [3.63, 3.8) is 0 Å². The standard InChI is InChI=1S/C18H11ClN2O4/c19-15-11-13(21(23)24)9-10-14(15)17-20-16(18(22)25-17)8-4-7-12-5-2-1-3-6-12/h1-11H. The van der Waals surface area contributed by atoms with E-state index in [1.165, 1.54) is 24.3 Å². The summed E-state index contributed by atoms with van der Waals surface area (Å²) < 4.78 is 5.10. The molecule has 7 heteroatoms. The van der Waals surface area contributed by atoms with E-state index in [1.807, 2.05) is 36.4 Å². The molecule has 0 saturated heterocycles. The van der Waals surface area contributed by atoms with E-state index in [4.69, 9.17) is 16.3 Å². The Morgan fingerprint density at radius 2 is 1.92 bits per heavy atom. The van der Waals surface area contributed by atoms with E-state index < -0.39 is 10.9 Å². The second-order valence-corrected chi connectivity index (χ2v) is 5.46. The van der Waals surface area contributed by atoms with Crippen LogP contribution in [0.4, 0.5) is 5.69 Å². The number of carbonyl (C=O) groups excluding carboxylic acids is 1. The van der Waals surface area contributed by atoms with Crippen molar-refractivity contribution in [2.24, 2.45) is 4.99 Å². The number of rotatable bonds is 4. The molecule has 0 aliphatic carbocycles. The van der Waals surface area contributed by atoms with Gasteiger partial charge in [-0.2, -0.15) is 0 Å². The Labute approximate surface area is 147 Å². The Kier molecular flexibility index (Phi) is 4.72. The zero-order chi connectivity index (χ0) is 17.8. The smallest absolute Gasteiger partial charge is 0.363 e. The van der Waals surface area contributed by atoms with Gasteiger partial charge in [-0.3, -0.25) is 10.1 Å². The minimum atomic E-state index is -0.609. The fourth-order valence-electron chi connectivity index (χ4n) is 2.14. The van der Waals surface area contributed by atoms with Crippen molar-refractivity contribution in [1.29, 1.82) is 0 Å². The number of nitrogens with zero attached hydrogens (tertiary/aromatic N) is 2. The first-order chi connectivity index (χ1) is 12.0. The molecule has 124 valence electrons. The van der Waals surface area contributed by atoms with Crippen LogP contribution in [-0.4, -0.2) is 16.8 Å². The van der Waals surface area contributed by atoms with Gasteiger partial charge in [-0.25, -0.2) is 9.79 Å². The number of allylic oxidation sites excluding steroid dienone is 2. The lowest BCUT2D eigenvalue weighted by Gasteiger charge is -2.02. The summed E-state index contributed by atoms with van der Waals surface area (Å²) in [5.41, 5.74) is 1.27. The largest absolute Gasteiger partial charge is 0.402 e. The highest BCUT2D eigenvalue weighted by atomic mass is 35.5. The molecule has 0 radical (unpaired) electrons. The van der Waals surface area contributed by atoms with Gasteiger partial charge in [-0.1, -0.05) is 54.1 Å². The number of ether oxygens (including phenoxy) is 1. The van der Waals surface area contributed by atoms with Gasteiger partial charge in [0.25, 0.3) is 5.69 Å². The van der Waals surface area contributed by atoms with Crippen molar-refractivity contribution in [2.45, 2.75) is 0 Å². The van der Waals surface area contributed by atoms with Crippen LogP contribution in [0.5, 0.6) is 0 Å². The molecule has 1 heterocycles. The predicted octanol–water partition coefficient (Wildman–Crippen LogP) is 4.15. The molecule has 1 aliphatic rings. The molecule has 2 aromatic rings. The summed E-state index contributed by atoms with van der Waals surface area (Å²) in [4.78, 5) is 26.2. The molecular weight excluding hydrogens is 344 g/mol. The first-order valence-electron chi connectivity index (χ1n) is 7.23. The van der Waals surface area contributed by atoms with Crippen molar-refractivity contribution in [3.05, 3.63) is 92.6 Å². The number of hydrogen-bond acceptors (Lipinski definition) is 5. The van der Waals surface area contributed by atoms with Crippen LogP contribution in [-0.2, 0) is 9.53 Å². The van der Waals surface area contributed by atoms with E-state index in [9.17, 15) is 14.9 Å². The fraction of sp³-hybridized carbons (Fsp3) is 0. The van der Waals surface area contributed by atoms with Gasteiger partial charge >= 0.3 is 5.97 Å². The SMILES string of the molecule is O=C1OC(c2ccc([N+](=O)[O-])cc2Cl)=NC1=CC=Cc1ccccc1. The lowest BCUT2D eigenvalue weighted by Crippen LogP contribution is -2.06. The highest BCUT2D eigenvalue weighted by Gasteiger charge is 2.26. The molecule has 2 aromatic carbocycles. The molecule has 0 N–H and O–H groups in total. The average Bonchev–Trinajstić information content (AvgIpc) is 2.96. The van der Waals surface area contributed by atoms with Gasteiger partial charge in [0.2, 0.25) is 5.90 Å². The minimum Gasteiger partial charge on any atom is -0.402 e. The lowest BCUT2D eigenvalue weighted by molar-refractivity contribution is -0.384. The van der Waals surface area contributed by atoms with Crippen LogP contribution in [0.3, 0.4) is 0 Å². The number of carbonyl (C=O) groups is 1. The van der Waals surface area contributed by atoms with E-state index in [2.05, 4.69) is 4.99 Å². The predicted molar refractivity (Wildman–Crippen MR) is 94.3 cm³/mol. The van der Waals surface area contributed by atoms with Crippen LogP contribution in [0, 0.1) is 10.1 Å². The maximum atomic E-state index is 11.9. The number of esters is 1. The Morgan fingerprint density at radius 1 is 1.16 bits per heavy atom. The summed E-state index contributed by atoms with van der Waals surface area (Å²) in [6.45, 7) is 0. The van der Waals surface area contributed by atoms with Crippen molar-refractivity contribution in [2.75, 3.05) is 0 Å². The van der Waals surface area contributed by atoms with Crippen molar-refractivity contribution >= 4 is 35.2 Å². The molecular formula is C18H11ClN2O4. The van der Waals surface area contributed by atoms with Crippen LogP contribution in [0.1, 0.15) is 11.1 Å². The van der Waals surface area contributed by atoms with Crippen LogP contribution in [0.2, 0.25) is 5.02 Å². The van der Waals surface area contributed by atoms with Crippen molar-refractivity contribution < 1.29 is 14.5 Å². The molecule has 0 atom stereocenters. The van der Waals surface area contributed by atoms with Crippen molar-refractivity contribution in [3.8, 4) is 0 Å². The van der Waals surface area contributed by atoms with Crippen molar-refractivity contribution in [1.82, 2.24) is 0 Å². The Hall–Kier alpha value is -3.25. The number of halogens is 1. The molecule has 0 bridgehead atoms. The molecule has 0 aromatic heterocycles. The first kappa shape index (κ1) is 16.6. The zero-order valence-electron chi connectivity index (χ0n) is 12.8. The normalized spacial score (nSPS) is 15.5.